The highest BCUT2D eigenvalue weighted by Gasteiger charge is 2.59. The lowest BCUT2D eigenvalue weighted by atomic mass is 9.81. The highest BCUT2D eigenvalue weighted by molar-refractivity contribution is 5.95. The molecule has 8 nitrogen and oxygen atoms in total. The fourth-order valence-electron chi connectivity index (χ4n) is 4.50. The summed E-state index contributed by atoms with van der Waals surface area (Å²) in [7, 11) is 0. The number of rotatable bonds is 3. The van der Waals surface area contributed by atoms with Crippen molar-refractivity contribution >= 4 is 11.8 Å². The molecule has 3 aromatic rings. The van der Waals surface area contributed by atoms with E-state index >= 15 is 0 Å². The third-order valence-electron chi connectivity index (χ3n) is 5.89. The summed E-state index contributed by atoms with van der Waals surface area (Å²) in [5.41, 5.74) is 0.0707. The van der Waals surface area contributed by atoms with Crippen LogP contribution in [-0.2, 0) is 5.41 Å². The van der Waals surface area contributed by atoms with Crippen molar-refractivity contribution in [1.29, 1.82) is 0 Å². The molecule has 1 aromatic carbocycles. The minimum Gasteiger partial charge on any atom is -0.459 e. The second-order valence-corrected chi connectivity index (χ2v) is 7.71. The van der Waals surface area contributed by atoms with Gasteiger partial charge in [0.15, 0.2) is 11.6 Å². The van der Waals surface area contributed by atoms with Gasteiger partial charge in [-0.15, -0.1) is 0 Å². The Morgan fingerprint density at radius 3 is 2.38 bits per heavy atom. The molecule has 0 aliphatic carbocycles. The highest BCUT2D eigenvalue weighted by atomic mass is 16.5. The molecule has 4 heterocycles. The van der Waals surface area contributed by atoms with Gasteiger partial charge in [0.1, 0.15) is 0 Å². The first kappa shape index (κ1) is 17.7. The largest absolute Gasteiger partial charge is 0.459 e. The highest BCUT2D eigenvalue weighted by Crippen LogP contribution is 2.45. The van der Waals surface area contributed by atoms with Crippen LogP contribution < -0.4 is 0 Å². The summed E-state index contributed by atoms with van der Waals surface area (Å²) in [5.74, 6) is 1.14. The molecule has 2 fully saturated rings. The number of benzene rings is 1. The lowest BCUT2D eigenvalue weighted by molar-refractivity contribution is 0.0708. The number of carbonyl (C=O) groups is 2. The van der Waals surface area contributed by atoms with Crippen molar-refractivity contribution < 1.29 is 18.5 Å². The Labute approximate surface area is 167 Å². The molecule has 2 atom stereocenters. The lowest BCUT2D eigenvalue weighted by Gasteiger charge is -2.25. The van der Waals surface area contributed by atoms with Crippen LogP contribution in [0.3, 0.4) is 0 Å². The van der Waals surface area contributed by atoms with Gasteiger partial charge in [-0.3, -0.25) is 9.59 Å². The van der Waals surface area contributed by atoms with E-state index in [1.807, 2.05) is 35.2 Å². The zero-order valence-electron chi connectivity index (χ0n) is 15.9. The van der Waals surface area contributed by atoms with Gasteiger partial charge >= 0.3 is 0 Å². The molecule has 5 rings (SSSR count). The van der Waals surface area contributed by atoms with Gasteiger partial charge in [0.05, 0.1) is 11.7 Å². The summed E-state index contributed by atoms with van der Waals surface area (Å²) in [4.78, 5) is 33.9. The van der Waals surface area contributed by atoms with Gasteiger partial charge in [0.25, 0.3) is 11.8 Å². The van der Waals surface area contributed by atoms with E-state index < -0.39 is 5.41 Å². The smallest absolute Gasteiger partial charge is 0.289 e. The summed E-state index contributed by atoms with van der Waals surface area (Å²) >= 11 is 0. The Balaban J connectivity index is 1.46. The first-order valence-corrected chi connectivity index (χ1v) is 9.55. The fraction of sp³-hybridized carbons (Fsp3) is 0.333. The van der Waals surface area contributed by atoms with Crippen LogP contribution in [0.4, 0.5) is 0 Å². The van der Waals surface area contributed by atoms with Crippen LogP contribution in [0.2, 0.25) is 0 Å². The van der Waals surface area contributed by atoms with Crippen molar-refractivity contribution in [2.45, 2.75) is 12.3 Å². The second-order valence-electron chi connectivity index (χ2n) is 7.71. The predicted molar refractivity (Wildman–Crippen MR) is 101 cm³/mol. The Morgan fingerprint density at radius 2 is 1.76 bits per heavy atom. The van der Waals surface area contributed by atoms with Crippen LogP contribution in [0, 0.1) is 12.8 Å². The van der Waals surface area contributed by atoms with Gasteiger partial charge < -0.3 is 18.7 Å². The maximum atomic E-state index is 13.0. The maximum absolute atomic E-state index is 13.0. The van der Waals surface area contributed by atoms with Crippen molar-refractivity contribution in [3.8, 4) is 0 Å². The van der Waals surface area contributed by atoms with Crippen molar-refractivity contribution in [3.63, 3.8) is 0 Å². The van der Waals surface area contributed by atoms with Crippen molar-refractivity contribution in [3.05, 3.63) is 71.8 Å². The monoisotopic (exact) mass is 392 g/mol. The standard InChI is InChI=1S/C21H20N4O4/c1-14-22-20(29-23-14)21-12-24(18(26)15-6-3-2-4-7-15)10-16(21)11-25(13-21)19(27)17-8-5-9-28-17/h2-9,16H,10-13H2,1H3/t16-,21-/m1/s1. The van der Waals surface area contributed by atoms with E-state index in [1.54, 1.807) is 24.0 Å². The Bertz CT molecular complexity index is 1050. The first-order chi connectivity index (χ1) is 14.1. The number of aromatic nitrogens is 2. The van der Waals surface area contributed by atoms with E-state index in [9.17, 15) is 9.59 Å². The van der Waals surface area contributed by atoms with E-state index in [-0.39, 0.29) is 17.7 Å². The number of carbonyl (C=O) groups excluding carboxylic acids is 2. The van der Waals surface area contributed by atoms with E-state index in [2.05, 4.69) is 10.1 Å². The normalized spacial score (nSPS) is 23.4. The number of amides is 2. The summed E-state index contributed by atoms with van der Waals surface area (Å²) in [6, 6.07) is 12.6. The summed E-state index contributed by atoms with van der Waals surface area (Å²) < 4.78 is 10.8. The average Bonchev–Trinajstić information content (AvgIpc) is 3.50. The maximum Gasteiger partial charge on any atom is 0.289 e. The quantitative estimate of drug-likeness (QED) is 0.678. The van der Waals surface area contributed by atoms with Crippen LogP contribution in [0.15, 0.2) is 57.7 Å². The second kappa shape index (κ2) is 6.58. The number of hydrogen-bond acceptors (Lipinski definition) is 6. The molecule has 2 aromatic heterocycles. The Kier molecular flexibility index (Phi) is 4.01. The van der Waals surface area contributed by atoms with E-state index in [0.717, 1.165) is 0 Å². The molecule has 0 bridgehead atoms. The van der Waals surface area contributed by atoms with Crippen molar-refractivity contribution in [2.24, 2.45) is 5.92 Å². The molecular formula is C21H20N4O4. The SMILES string of the molecule is Cc1noc([C@@]23CN(C(=O)c4ccccc4)C[C@@H]2CN(C(=O)c2ccco2)C3)n1. The van der Waals surface area contributed by atoms with Gasteiger partial charge in [0, 0.05) is 37.7 Å². The minimum absolute atomic E-state index is 0.00826. The number of nitrogens with zero attached hydrogens (tertiary/aromatic N) is 4. The molecule has 29 heavy (non-hydrogen) atoms. The molecule has 2 saturated heterocycles. The first-order valence-electron chi connectivity index (χ1n) is 9.55. The zero-order valence-corrected chi connectivity index (χ0v) is 15.9. The van der Waals surface area contributed by atoms with E-state index in [0.29, 0.717) is 49.2 Å². The van der Waals surface area contributed by atoms with Gasteiger partial charge in [-0.05, 0) is 31.2 Å². The minimum atomic E-state index is -0.575. The molecular weight excluding hydrogens is 372 g/mol. The van der Waals surface area contributed by atoms with Crippen LogP contribution in [-0.4, -0.2) is 57.9 Å². The summed E-state index contributed by atoms with van der Waals surface area (Å²) in [6.45, 7) is 3.62. The van der Waals surface area contributed by atoms with Crippen molar-refractivity contribution in [2.75, 3.05) is 26.2 Å². The van der Waals surface area contributed by atoms with E-state index in [1.165, 1.54) is 6.26 Å². The average molecular weight is 392 g/mol. The zero-order chi connectivity index (χ0) is 20.0. The molecule has 2 aliphatic heterocycles. The molecule has 0 saturated carbocycles. The third-order valence-corrected chi connectivity index (χ3v) is 5.89. The van der Waals surface area contributed by atoms with Gasteiger partial charge in [0.2, 0.25) is 5.89 Å². The summed E-state index contributed by atoms with van der Waals surface area (Å²) in [6.07, 6.45) is 1.49. The molecule has 0 unspecified atom stereocenters. The lowest BCUT2D eigenvalue weighted by Crippen LogP contribution is -2.41. The summed E-state index contributed by atoms with van der Waals surface area (Å²) in [5, 5.41) is 3.95. The Morgan fingerprint density at radius 1 is 1.03 bits per heavy atom. The molecule has 2 amide bonds. The molecule has 0 N–H and O–H groups in total. The van der Waals surface area contributed by atoms with Crippen LogP contribution in [0.5, 0.6) is 0 Å². The number of fused-ring (bicyclic) bond motifs is 1. The number of hydrogen-bond donors (Lipinski definition) is 0. The fourth-order valence-corrected chi connectivity index (χ4v) is 4.50. The van der Waals surface area contributed by atoms with Gasteiger partial charge in [-0.1, -0.05) is 23.4 Å². The molecule has 148 valence electrons. The third kappa shape index (κ3) is 2.83. The van der Waals surface area contributed by atoms with Crippen LogP contribution in [0.25, 0.3) is 0 Å². The topological polar surface area (TPSA) is 92.7 Å². The van der Waals surface area contributed by atoms with Crippen LogP contribution >= 0.6 is 0 Å². The Hall–Kier alpha value is -3.42. The van der Waals surface area contributed by atoms with Crippen molar-refractivity contribution in [1.82, 2.24) is 19.9 Å². The van der Waals surface area contributed by atoms with E-state index in [4.69, 9.17) is 8.94 Å². The molecule has 2 aliphatic rings. The molecule has 0 spiro atoms. The molecule has 8 heteroatoms. The predicted octanol–water partition coefficient (Wildman–Crippen LogP) is 2.14. The number of aryl methyl sites for hydroxylation is 1. The number of furan rings is 1. The van der Waals surface area contributed by atoms with Crippen LogP contribution in [0.1, 0.15) is 32.6 Å². The van der Waals surface area contributed by atoms with Gasteiger partial charge in [-0.2, -0.15) is 4.98 Å². The van der Waals surface area contributed by atoms with Gasteiger partial charge in [-0.25, -0.2) is 0 Å². The molecule has 0 radical (unpaired) electrons. The number of likely N-dealkylation sites (tertiary alicyclic amines) is 2.